The van der Waals surface area contributed by atoms with Crippen LogP contribution in [0.25, 0.3) is 0 Å². The number of ether oxygens (including phenoxy) is 2. The van der Waals surface area contributed by atoms with Gasteiger partial charge in [-0.15, -0.1) is 0 Å². The van der Waals surface area contributed by atoms with Crippen LogP contribution in [-0.4, -0.2) is 76.7 Å². The number of rotatable bonds is 5. The summed E-state index contributed by atoms with van der Waals surface area (Å²) in [7, 11) is 0. The topological polar surface area (TPSA) is 79.4 Å². The fourth-order valence-electron chi connectivity index (χ4n) is 5.57. The molecule has 2 atom stereocenters. The average molecular weight is 588 g/mol. The van der Waals surface area contributed by atoms with E-state index in [1.165, 1.54) is 24.3 Å². The highest BCUT2D eigenvalue weighted by atomic mass is 35.5. The van der Waals surface area contributed by atoms with Crippen LogP contribution in [0.5, 0.6) is 5.75 Å². The maximum atomic E-state index is 13.8. The number of hydrogen-bond acceptors (Lipinski definition) is 5. The number of benzene rings is 2. The Bertz CT molecular complexity index is 1220. The molecule has 2 aliphatic rings. The molecule has 2 aromatic rings. The highest BCUT2D eigenvalue weighted by Crippen LogP contribution is 2.35. The Kier molecular flexibility index (Phi) is 9.47. The molecular formula is C31H39ClFN3O5. The van der Waals surface area contributed by atoms with Crippen molar-refractivity contribution < 1.29 is 28.2 Å². The molecule has 0 spiro atoms. The van der Waals surface area contributed by atoms with Gasteiger partial charge in [0.25, 0.3) is 0 Å². The van der Waals surface area contributed by atoms with Crippen LogP contribution in [0.2, 0.25) is 5.02 Å². The maximum absolute atomic E-state index is 13.8. The lowest BCUT2D eigenvalue weighted by atomic mass is 9.92. The minimum atomic E-state index is -0.578. The number of piperidine rings is 1. The van der Waals surface area contributed by atoms with Crippen LogP contribution in [0.15, 0.2) is 48.5 Å². The number of amides is 3. The number of halogens is 2. The number of carbonyl (C=O) groups excluding carboxylic acids is 3. The van der Waals surface area contributed by atoms with Crippen molar-refractivity contribution in [3.8, 4) is 5.75 Å². The molecule has 0 aliphatic carbocycles. The van der Waals surface area contributed by atoms with Gasteiger partial charge in [0, 0.05) is 49.1 Å². The molecule has 4 rings (SSSR count). The quantitative estimate of drug-likeness (QED) is 0.408. The first-order chi connectivity index (χ1) is 19.3. The van der Waals surface area contributed by atoms with Crippen molar-refractivity contribution in [2.75, 3.05) is 26.2 Å². The molecule has 2 saturated heterocycles. The average Bonchev–Trinajstić information content (AvgIpc) is 3.33. The molecule has 0 unspecified atom stereocenters. The van der Waals surface area contributed by atoms with E-state index in [0.29, 0.717) is 44.0 Å². The molecule has 2 heterocycles. The van der Waals surface area contributed by atoms with E-state index >= 15 is 0 Å². The summed E-state index contributed by atoms with van der Waals surface area (Å²) in [5.74, 6) is -0.549. The zero-order valence-corrected chi connectivity index (χ0v) is 25.1. The summed E-state index contributed by atoms with van der Waals surface area (Å²) >= 11 is 6.16. The van der Waals surface area contributed by atoms with Gasteiger partial charge in [-0.25, -0.2) is 14.0 Å². The fourth-order valence-corrected chi connectivity index (χ4v) is 5.69. The second-order valence-electron chi connectivity index (χ2n) is 12.0. The summed E-state index contributed by atoms with van der Waals surface area (Å²) in [5, 5.41) is 0.601. The second kappa shape index (κ2) is 12.7. The minimum Gasteiger partial charge on any atom is -0.444 e. The Hall–Kier alpha value is -3.33. The summed E-state index contributed by atoms with van der Waals surface area (Å²) in [6.07, 6.45) is 0.173. The van der Waals surface area contributed by atoms with Crippen molar-refractivity contribution >= 4 is 29.7 Å². The lowest BCUT2D eigenvalue weighted by Gasteiger charge is -2.35. The predicted octanol–water partition coefficient (Wildman–Crippen LogP) is 6.33. The zero-order valence-electron chi connectivity index (χ0n) is 24.3. The van der Waals surface area contributed by atoms with Crippen molar-refractivity contribution in [2.45, 2.75) is 71.1 Å². The van der Waals surface area contributed by atoms with E-state index in [2.05, 4.69) is 0 Å². The Labute approximate surface area is 246 Å². The van der Waals surface area contributed by atoms with Gasteiger partial charge in [-0.05, 0) is 89.4 Å². The zero-order chi connectivity index (χ0) is 29.9. The first-order valence-corrected chi connectivity index (χ1v) is 14.5. The molecule has 0 saturated carbocycles. The van der Waals surface area contributed by atoms with Crippen LogP contribution in [0.3, 0.4) is 0 Å². The summed E-state index contributed by atoms with van der Waals surface area (Å²) < 4.78 is 24.5. The van der Waals surface area contributed by atoms with Crippen LogP contribution in [0, 0.1) is 11.7 Å². The molecule has 8 nitrogen and oxygen atoms in total. The molecule has 0 radical (unpaired) electrons. The third kappa shape index (κ3) is 7.70. The molecule has 41 heavy (non-hydrogen) atoms. The molecule has 0 aromatic heterocycles. The normalized spacial score (nSPS) is 19.8. The maximum Gasteiger partial charge on any atom is 0.415 e. The highest BCUT2D eigenvalue weighted by molar-refractivity contribution is 6.30. The minimum absolute atomic E-state index is 0.0194. The number of carbonyl (C=O) groups is 3. The van der Waals surface area contributed by atoms with E-state index < -0.39 is 17.5 Å². The van der Waals surface area contributed by atoms with Gasteiger partial charge in [-0.1, -0.05) is 23.7 Å². The van der Waals surface area contributed by atoms with Crippen LogP contribution < -0.4 is 4.74 Å². The van der Waals surface area contributed by atoms with E-state index in [1.807, 2.05) is 51.7 Å². The first kappa shape index (κ1) is 30.6. The van der Waals surface area contributed by atoms with Crippen LogP contribution in [-0.2, 0) is 9.53 Å². The Morgan fingerprint density at radius 2 is 1.56 bits per heavy atom. The lowest BCUT2D eigenvalue weighted by molar-refractivity contribution is -0.136. The lowest BCUT2D eigenvalue weighted by Crippen LogP contribution is -2.50. The SMILES string of the molecule is CC(C)N(C(=O)Oc1ccc(F)cc1)[C@H]1CN(C(=O)C2CCN(C(=O)OC(C)(C)C)CC2)C[C@@H]1c1ccc(Cl)cc1. The summed E-state index contributed by atoms with van der Waals surface area (Å²) in [6.45, 7) is 11.0. The molecule has 3 amide bonds. The fraction of sp³-hybridized carbons (Fsp3) is 0.516. The van der Waals surface area contributed by atoms with Gasteiger partial charge in [0.2, 0.25) is 5.91 Å². The number of hydrogen-bond donors (Lipinski definition) is 0. The third-order valence-corrected chi connectivity index (χ3v) is 7.79. The van der Waals surface area contributed by atoms with Gasteiger partial charge in [0.15, 0.2) is 0 Å². The Morgan fingerprint density at radius 1 is 0.951 bits per heavy atom. The van der Waals surface area contributed by atoms with Crippen molar-refractivity contribution in [3.05, 3.63) is 64.9 Å². The molecule has 2 aromatic carbocycles. The third-order valence-electron chi connectivity index (χ3n) is 7.54. The molecule has 0 bridgehead atoms. The van der Waals surface area contributed by atoms with E-state index in [1.54, 1.807) is 21.9 Å². The number of nitrogens with zero attached hydrogens (tertiary/aromatic N) is 3. The van der Waals surface area contributed by atoms with Gasteiger partial charge in [0.1, 0.15) is 17.2 Å². The number of likely N-dealkylation sites (tertiary alicyclic amines) is 2. The van der Waals surface area contributed by atoms with Gasteiger partial charge >= 0.3 is 12.2 Å². The predicted molar refractivity (Wildman–Crippen MR) is 154 cm³/mol. The van der Waals surface area contributed by atoms with Crippen LogP contribution in [0.1, 0.15) is 58.9 Å². The van der Waals surface area contributed by atoms with Crippen molar-refractivity contribution in [1.82, 2.24) is 14.7 Å². The van der Waals surface area contributed by atoms with Gasteiger partial charge in [0.05, 0.1) is 6.04 Å². The largest absolute Gasteiger partial charge is 0.444 e. The van der Waals surface area contributed by atoms with Gasteiger partial charge in [-0.2, -0.15) is 0 Å². The molecule has 2 fully saturated rings. The van der Waals surface area contributed by atoms with Crippen molar-refractivity contribution in [3.63, 3.8) is 0 Å². The monoisotopic (exact) mass is 587 g/mol. The van der Waals surface area contributed by atoms with E-state index in [0.717, 1.165) is 5.56 Å². The Morgan fingerprint density at radius 3 is 2.12 bits per heavy atom. The smallest absolute Gasteiger partial charge is 0.415 e. The van der Waals surface area contributed by atoms with E-state index in [4.69, 9.17) is 21.1 Å². The van der Waals surface area contributed by atoms with Gasteiger partial charge in [-0.3, -0.25) is 9.69 Å². The first-order valence-electron chi connectivity index (χ1n) is 14.1. The Balaban J connectivity index is 1.51. The molecular weight excluding hydrogens is 549 g/mol. The van der Waals surface area contributed by atoms with Crippen molar-refractivity contribution in [1.29, 1.82) is 0 Å². The summed E-state index contributed by atoms with van der Waals surface area (Å²) in [6, 6.07) is 12.2. The molecule has 10 heteroatoms. The van der Waals surface area contributed by atoms with Crippen molar-refractivity contribution in [2.24, 2.45) is 5.92 Å². The molecule has 0 N–H and O–H groups in total. The van der Waals surface area contributed by atoms with Crippen LogP contribution in [0.4, 0.5) is 14.0 Å². The second-order valence-corrected chi connectivity index (χ2v) is 12.5. The summed E-state index contributed by atoms with van der Waals surface area (Å²) in [5.41, 5.74) is 0.389. The van der Waals surface area contributed by atoms with Gasteiger partial charge < -0.3 is 19.3 Å². The molecule has 222 valence electrons. The molecule has 2 aliphatic heterocycles. The summed E-state index contributed by atoms with van der Waals surface area (Å²) in [4.78, 5) is 44.9. The van der Waals surface area contributed by atoms with Crippen LogP contribution >= 0.6 is 11.6 Å². The standard InChI is InChI=1S/C31H39ClFN3O5/c1-20(2)36(30(39)40-25-12-10-24(33)11-13-25)27-19-35(18-26(27)21-6-8-23(32)9-7-21)28(37)22-14-16-34(17-15-22)29(38)41-31(3,4)5/h6-13,20,22,26-27H,14-19H2,1-5H3/t26-,27+/m1/s1. The van der Waals surface area contributed by atoms with E-state index in [9.17, 15) is 18.8 Å². The highest BCUT2D eigenvalue weighted by Gasteiger charge is 2.44. The van der Waals surface area contributed by atoms with E-state index in [-0.39, 0.29) is 41.7 Å².